The Bertz CT molecular complexity index is 324. The van der Waals surface area contributed by atoms with E-state index in [9.17, 15) is 4.79 Å². The van der Waals surface area contributed by atoms with Gasteiger partial charge in [-0.2, -0.15) is 0 Å². The number of likely N-dealkylation sites (tertiary alicyclic amines) is 1. The van der Waals surface area contributed by atoms with Gasteiger partial charge >= 0.3 is 0 Å². The van der Waals surface area contributed by atoms with Gasteiger partial charge in [-0.25, -0.2) is 0 Å². The standard InChI is InChI=1S/C17H35N3O/c1-17(2,3)14(10-11-18)8-9-16(21)20(5)15-7-6-12-19(4)13-15/h14-15H,6-13,18H2,1-5H3. The van der Waals surface area contributed by atoms with Crippen molar-refractivity contribution < 1.29 is 4.79 Å². The number of nitrogens with two attached hydrogens (primary N) is 1. The van der Waals surface area contributed by atoms with Gasteiger partial charge in [-0.05, 0) is 57.2 Å². The van der Waals surface area contributed by atoms with Crippen LogP contribution >= 0.6 is 0 Å². The van der Waals surface area contributed by atoms with Crippen molar-refractivity contribution in [3.63, 3.8) is 0 Å². The van der Waals surface area contributed by atoms with Gasteiger partial charge in [0.15, 0.2) is 0 Å². The number of carbonyl (C=O) groups excluding carboxylic acids is 1. The Labute approximate surface area is 131 Å². The highest BCUT2D eigenvalue weighted by atomic mass is 16.2. The maximum absolute atomic E-state index is 12.5. The fraction of sp³-hybridized carbons (Fsp3) is 0.941. The fourth-order valence-corrected chi connectivity index (χ4v) is 3.34. The minimum atomic E-state index is 0.225. The molecule has 0 bridgehead atoms. The van der Waals surface area contributed by atoms with Crippen LogP contribution in [0, 0.1) is 11.3 Å². The van der Waals surface area contributed by atoms with E-state index in [1.54, 1.807) is 0 Å². The van der Waals surface area contributed by atoms with Gasteiger partial charge in [-0.3, -0.25) is 4.79 Å². The molecule has 1 aliphatic heterocycles. The molecule has 21 heavy (non-hydrogen) atoms. The summed E-state index contributed by atoms with van der Waals surface area (Å²) in [5, 5.41) is 0. The zero-order chi connectivity index (χ0) is 16.0. The van der Waals surface area contributed by atoms with E-state index in [2.05, 4.69) is 32.7 Å². The Morgan fingerprint density at radius 3 is 2.57 bits per heavy atom. The normalized spacial score (nSPS) is 22.1. The van der Waals surface area contributed by atoms with Crippen molar-refractivity contribution in [2.75, 3.05) is 33.7 Å². The van der Waals surface area contributed by atoms with Crippen LogP contribution < -0.4 is 5.73 Å². The molecule has 2 atom stereocenters. The average molecular weight is 297 g/mol. The summed E-state index contributed by atoms with van der Waals surface area (Å²) < 4.78 is 0. The molecule has 0 aliphatic carbocycles. The predicted octanol–water partition coefficient (Wildman–Crippen LogP) is 2.33. The van der Waals surface area contributed by atoms with E-state index in [1.165, 1.54) is 6.42 Å². The lowest BCUT2D eigenvalue weighted by atomic mass is 9.76. The van der Waals surface area contributed by atoms with E-state index < -0.39 is 0 Å². The quantitative estimate of drug-likeness (QED) is 0.818. The van der Waals surface area contributed by atoms with Gasteiger partial charge in [-0.15, -0.1) is 0 Å². The molecule has 0 radical (unpaired) electrons. The van der Waals surface area contributed by atoms with Gasteiger partial charge in [0.25, 0.3) is 0 Å². The van der Waals surface area contributed by atoms with Gasteiger partial charge in [-0.1, -0.05) is 20.8 Å². The van der Waals surface area contributed by atoms with Crippen LogP contribution in [0.3, 0.4) is 0 Å². The molecule has 1 heterocycles. The van der Waals surface area contributed by atoms with Crippen LogP contribution in [0.1, 0.15) is 52.9 Å². The highest BCUT2D eigenvalue weighted by Gasteiger charge is 2.27. The Hall–Kier alpha value is -0.610. The number of piperidine rings is 1. The van der Waals surface area contributed by atoms with E-state index in [4.69, 9.17) is 5.73 Å². The maximum atomic E-state index is 12.5. The first-order valence-electron chi connectivity index (χ1n) is 8.40. The summed E-state index contributed by atoms with van der Waals surface area (Å²) in [6, 6.07) is 0.388. The van der Waals surface area contributed by atoms with Crippen LogP contribution in [0.25, 0.3) is 0 Å². The molecule has 0 saturated carbocycles. The molecule has 2 N–H and O–H groups in total. The zero-order valence-corrected chi connectivity index (χ0v) is 14.7. The number of hydrogen-bond acceptors (Lipinski definition) is 3. The molecule has 2 unspecified atom stereocenters. The summed E-state index contributed by atoms with van der Waals surface area (Å²) in [5.74, 6) is 0.815. The Kier molecular flexibility index (Phi) is 7.14. The number of likely N-dealkylation sites (N-methyl/N-ethyl adjacent to an activating group) is 2. The third kappa shape index (κ3) is 5.95. The Morgan fingerprint density at radius 2 is 2.05 bits per heavy atom. The topological polar surface area (TPSA) is 49.6 Å². The molecule has 1 fully saturated rings. The lowest BCUT2D eigenvalue weighted by Crippen LogP contribution is -2.47. The first-order valence-corrected chi connectivity index (χ1v) is 8.40. The minimum absolute atomic E-state index is 0.225. The van der Waals surface area contributed by atoms with Gasteiger partial charge in [0, 0.05) is 26.1 Å². The summed E-state index contributed by atoms with van der Waals surface area (Å²) in [6.45, 7) is 9.61. The number of amides is 1. The maximum Gasteiger partial charge on any atom is 0.222 e. The van der Waals surface area contributed by atoms with Crippen molar-refractivity contribution in [1.82, 2.24) is 9.80 Å². The van der Waals surface area contributed by atoms with Gasteiger partial charge in [0.1, 0.15) is 0 Å². The highest BCUT2D eigenvalue weighted by Crippen LogP contribution is 2.32. The van der Waals surface area contributed by atoms with E-state index >= 15 is 0 Å². The Morgan fingerprint density at radius 1 is 1.38 bits per heavy atom. The van der Waals surface area contributed by atoms with Crippen LogP contribution in [0.15, 0.2) is 0 Å². The summed E-state index contributed by atoms with van der Waals surface area (Å²) in [5.41, 5.74) is 5.95. The SMILES string of the molecule is CN1CCCC(N(C)C(=O)CCC(CCN)C(C)(C)C)C1. The van der Waals surface area contributed by atoms with Gasteiger partial charge in [0.2, 0.25) is 5.91 Å². The zero-order valence-electron chi connectivity index (χ0n) is 14.7. The minimum Gasteiger partial charge on any atom is -0.341 e. The van der Waals surface area contributed by atoms with Crippen LogP contribution in [-0.2, 0) is 4.79 Å². The van der Waals surface area contributed by atoms with Crippen molar-refractivity contribution in [3.05, 3.63) is 0 Å². The second-order valence-corrected chi connectivity index (χ2v) is 7.74. The largest absolute Gasteiger partial charge is 0.341 e. The molecular weight excluding hydrogens is 262 g/mol. The first-order chi connectivity index (χ1) is 9.75. The smallest absolute Gasteiger partial charge is 0.222 e. The van der Waals surface area contributed by atoms with Crippen molar-refractivity contribution >= 4 is 5.91 Å². The monoisotopic (exact) mass is 297 g/mol. The third-order valence-electron chi connectivity index (χ3n) is 4.99. The lowest BCUT2D eigenvalue weighted by molar-refractivity contribution is -0.133. The Balaban J connectivity index is 2.47. The fourth-order valence-electron chi connectivity index (χ4n) is 3.34. The summed E-state index contributed by atoms with van der Waals surface area (Å²) in [6.07, 6.45) is 4.94. The van der Waals surface area contributed by atoms with Crippen LogP contribution in [0.2, 0.25) is 0 Å². The van der Waals surface area contributed by atoms with Crippen molar-refractivity contribution in [3.8, 4) is 0 Å². The number of rotatable bonds is 6. The molecule has 0 aromatic carbocycles. The van der Waals surface area contributed by atoms with Crippen LogP contribution in [0.4, 0.5) is 0 Å². The number of hydrogen-bond donors (Lipinski definition) is 1. The predicted molar refractivity (Wildman–Crippen MR) is 89.1 cm³/mol. The van der Waals surface area contributed by atoms with E-state index in [0.29, 0.717) is 30.8 Å². The molecule has 0 aromatic heterocycles. The van der Waals surface area contributed by atoms with Crippen LogP contribution in [0.5, 0.6) is 0 Å². The van der Waals surface area contributed by atoms with Crippen molar-refractivity contribution in [2.45, 2.75) is 58.9 Å². The molecule has 4 heteroatoms. The number of carbonyl (C=O) groups is 1. The molecule has 0 aromatic rings. The van der Waals surface area contributed by atoms with Crippen molar-refractivity contribution in [2.24, 2.45) is 17.1 Å². The molecule has 124 valence electrons. The van der Waals surface area contributed by atoms with E-state index in [-0.39, 0.29) is 5.41 Å². The molecule has 1 rings (SSSR count). The van der Waals surface area contributed by atoms with Crippen molar-refractivity contribution in [1.29, 1.82) is 0 Å². The number of nitrogens with zero attached hydrogens (tertiary/aromatic N) is 2. The second kappa shape index (κ2) is 8.14. The molecular formula is C17H35N3O. The molecule has 0 spiro atoms. The lowest BCUT2D eigenvalue weighted by Gasteiger charge is -2.36. The molecule has 4 nitrogen and oxygen atoms in total. The third-order valence-corrected chi connectivity index (χ3v) is 4.99. The van der Waals surface area contributed by atoms with Gasteiger partial charge < -0.3 is 15.5 Å². The van der Waals surface area contributed by atoms with Gasteiger partial charge in [0.05, 0.1) is 0 Å². The average Bonchev–Trinajstić information content (AvgIpc) is 2.41. The molecule has 1 aliphatic rings. The molecule has 1 saturated heterocycles. The first kappa shape index (κ1) is 18.4. The summed E-state index contributed by atoms with van der Waals surface area (Å²) in [7, 11) is 4.11. The van der Waals surface area contributed by atoms with E-state index in [1.807, 2.05) is 11.9 Å². The highest BCUT2D eigenvalue weighted by molar-refractivity contribution is 5.76. The summed E-state index contributed by atoms with van der Waals surface area (Å²) >= 11 is 0. The van der Waals surface area contributed by atoms with E-state index in [0.717, 1.165) is 32.4 Å². The molecule has 1 amide bonds. The van der Waals surface area contributed by atoms with Crippen LogP contribution in [-0.4, -0.2) is 55.5 Å². The second-order valence-electron chi connectivity index (χ2n) is 7.74. The summed E-state index contributed by atoms with van der Waals surface area (Å²) in [4.78, 5) is 16.8.